The van der Waals surface area contributed by atoms with Gasteiger partial charge in [-0.05, 0) is 12.8 Å². The van der Waals surface area contributed by atoms with Crippen LogP contribution >= 0.6 is 15.9 Å². The van der Waals surface area contributed by atoms with E-state index in [-0.39, 0.29) is 17.9 Å². The Labute approximate surface area is 92.2 Å². The Morgan fingerprint density at radius 3 is 2.43 bits per heavy atom. The molecule has 1 aliphatic heterocycles. The van der Waals surface area contributed by atoms with Crippen molar-refractivity contribution in [3.8, 4) is 0 Å². The number of hydrogen-bond acceptors (Lipinski definition) is 2. The maximum absolute atomic E-state index is 11.1. The summed E-state index contributed by atoms with van der Waals surface area (Å²) in [6.07, 6.45) is 1.72. The molecule has 0 atom stereocenters. The van der Waals surface area contributed by atoms with Crippen molar-refractivity contribution in [1.82, 2.24) is 10.2 Å². The fourth-order valence-electron chi connectivity index (χ4n) is 1.60. The second-order valence-corrected chi connectivity index (χ2v) is 4.04. The molecular formula is C9H15BrN2O2. The second kappa shape index (κ2) is 5.34. The van der Waals surface area contributed by atoms with E-state index in [9.17, 15) is 9.59 Å². The number of carbonyl (C=O) groups excluding carboxylic acids is 2. The number of nitrogens with one attached hydrogen (secondary N) is 1. The molecule has 1 saturated heterocycles. The fourth-order valence-corrected chi connectivity index (χ4v) is 1.77. The highest BCUT2D eigenvalue weighted by molar-refractivity contribution is 9.09. The second-order valence-electron chi connectivity index (χ2n) is 3.48. The Bertz CT molecular complexity index is 225. The van der Waals surface area contributed by atoms with Crippen molar-refractivity contribution in [2.24, 2.45) is 0 Å². The first-order valence-electron chi connectivity index (χ1n) is 4.74. The summed E-state index contributed by atoms with van der Waals surface area (Å²) >= 11 is 3.10. The van der Waals surface area contributed by atoms with Crippen LogP contribution < -0.4 is 5.32 Å². The first-order chi connectivity index (χ1) is 6.63. The number of rotatable bonds is 2. The van der Waals surface area contributed by atoms with Gasteiger partial charge in [-0.1, -0.05) is 15.9 Å². The fraction of sp³-hybridized carbons (Fsp3) is 0.778. The van der Waals surface area contributed by atoms with Crippen molar-refractivity contribution >= 4 is 27.7 Å². The lowest BCUT2D eigenvalue weighted by atomic mass is 10.1. The molecule has 0 saturated carbocycles. The van der Waals surface area contributed by atoms with E-state index in [2.05, 4.69) is 21.2 Å². The molecule has 1 aliphatic rings. The summed E-state index contributed by atoms with van der Waals surface area (Å²) in [6.45, 7) is 3.09. The monoisotopic (exact) mass is 262 g/mol. The largest absolute Gasteiger partial charge is 0.353 e. The molecule has 0 aromatic rings. The van der Waals surface area contributed by atoms with Crippen LogP contribution in [0, 0.1) is 0 Å². The predicted molar refractivity (Wildman–Crippen MR) is 57.2 cm³/mol. The van der Waals surface area contributed by atoms with Gasteiger partial charge in [-0.15, -0.1) is 0 Å². The standard InChI is InChI=1S/C9H15BrN2O2/c1-7(13)12-4-2-8(3-5-12)11-9(14)6-10/h8H,2-6H2,1H3,(H,11,14). The van der Waals surface area contributed by atoms with Crippen LogP contribution in [0.3, 0.4) is 0 Å². The third kappa shape index (κ3) is 3.29. The van der Waals surface area contributed by atoms with E-state index in [0.29, 0.717) is 5.33 Å². The van der Waals surface area contributed by atoms with Crippen molar-refractivity contribution in [2.45, 2.75) is 25.8 Å². The molecule has 1 rings (SSSR count). The Morgan fingerprint density at radius 2 is 2.00 bits per heavy atom. The van der Waals surface area contributed by atoms with Gasteiger partial charge in [0.2, 0.25) is 11.8 Å². The molecule has 0 bridgehead atoms. The van der Waals surface area contributed by atoms with Crippen LogP contribution in [0.2, 0.25) is 0 Å². The molecule has 0 aromatic carbocycles. The van der Waals surface area contributed by atoms with E-state index in [1.165, 1.54) is 0 Å². The Balaban J connectivity index is 2.29. The molecule has 2 amide bonds. The SMILES string of the molecule is CC(=O)N1CCC(NC(=O)CBr)CC1. The number of hydrogen-bond donors (Lipinski definition) is 1. The predicted octanol–water partition coefficient (Wildman–Crippen LogP) is 0.508. The van der Waals surface area contributed by atoms with Gasteiger partial charge in [0.05, 0.1) is 5.33 Å². The van der Waals surface area contributed by atoms with Crippen LogP contribution in [-0.2, 0) is 9.59 Å². The topological polar surface area (TPSA) is 49.4 Å². The van der Waals surface area contributed by atoms with Crippen LogP contribution in [0.1, 0.15) is 19.8 Å². The molecule has 1 N–H and O–H groups in total. The lowest BCUT2D eigenvalue weighted by Crippen LogP contribution is -2.46. The summed E-state index contributed by atoms with van der Waals surface area (Å²) in [5.74, 6) is 0.140. The highest BCUT2D eigenvalue weighted by atomic mass is 79.9. The van der Waals surface area contributed by atoms with Crippen molar-refractivity contribution in [3.63, 3.8) is 0 Å². The van der Waals surface area contributed by atoms with Gasteiger partial charge in [0.1, 0.15) is 0 Å². The van der Waals surface area contributed by atoms with Gasteiger partial charge in [-0.3, -0.25) is 9.59 Å². The average Bonchev–Trinajstić information content (AvgIpc) is 2.18. The molecule has 80 valence electrons. The van der Waals surface area contributed by atoms with Crippen LogP contribution in [0.25, 0.3) is 0 Å². The molecule has 0 unspecified atom stereocenters. The molecule has 5 heteroatoms. The summed E-state index contributed by atoms with van der Waals surface area (Å²) in [4.78, 5) is 23.9. The lowest BCUT2D eigenvalue weighted by Gasteiger charge is -2.31. The minimum Gasteiger partial charge on any atom is -0.353 e. The van der Waals surface area contributed by atoms with Crippen LogP contribution in [0.4, 0.5) is 0 Å². The number of likely N-dealkylation sites (tertiary alicyclic amines) is 1. The third-order valence-corrected chi connectivity index (χ3v) is 2.94. The van der Waals surface area contributed by atoms with Crippen molar-refractivity contribution < 1.29 is 9.59 Å². The first kappa shape index (κ1) is 11.5. The zero-order valence-electron chi connectivity index (χ0n) is 8.25. The molecule has 14 heavy (non-hydrogen) atoms. The summed E-state index contributed by atoms with van der Waals surface area (Å²) < 4.78 is 0. The molecule has 0 radical (unpaired) electrons. The molecular weight excluding hydrogens is 248 g/mol. The lowest BCUT2D eigenvalue weighted by molar-refractivity contribution is -0.130. The number of carbonyl (C=O) groups is 2. The number of amides is 2. The third-order valence-electron chi connectivity index (χ3n) is 2.43. The van der Waals surface area contributed by atoms with E-state index in [0.717, 1.165) is 25.9 Å². The summed E-state index contributed by atoms with van der Waals surface area (Å²) in [5, 5.41) is 3.25. The molecule has 0 spiro atoms. The van der Waals surface area contributed by atoms with Gasteiger partial charge in [-0.25, -0.2) is 0 Å². The quantitative estimate of drug-likeness (QED) is 0.738. The van der Waals surface area contributed by atoms with Crippen molar-refractivity contribution in [3.05, 3.63) is 0 Å². The Hall–Kier alpha value is -0.580. The average molecular weight is 263 g/mol. The smallest absolute Gasteiger partial charge is 0.230 e. The van der Waals surface area contributed by atoms with Crippen LogP contribution in [0.5, 0.6) is 0 Å². The van der Waals surface area contributed by atoms with E-state index in [4.69, 9.17) is 0 Å². The molecule has 0 aromatic heterocycles. The van der Waals surface area contributed by atoms with E-state index >= 15 is 0 Å². The molecule has 4 nitrogen and oxygen atoms in total. The summed E-state index contributed by atoms with van der Waals surface area (Å²) in [6, 6.07) is 0.232. The minimum absolute atomic E-state index is 0.0197. The number of nitrogens with zero attached hydrogens (tertiary/aromatic N) is 1. The van der Waals surface area contributed by atoms with Gasteiger partial charge in [0, 0.05) is 26.1 Å². The van der Waals surface area contributed by atoms with Gasteiger partial charge in [0.15, 0.2) is 0 Å². The van der Waals surface area contributed by atoms with Gasteiger partial charge in [0.25, 0.3) is 0 Å². The maximum Gasteiger partial charge on any atom is 0.230 e. The van der Waals surface area contributed by atoms with Gasteiger partial charge in [-0.2, -0.15) is 0 Å². The van der Waals surface area contributed by atoms with Gasteiger partial charge >= 0.3 is 0 Å². The first-order valence-corrected chi connectivity index (χ1v) is 5.86. The summed E-state index contributed by atoms with van der Waals surface area (Å²) in [5.41, 5.74) is 0. The molecule has 1 fully saturated rings. The zero-order chi connectivity index (χ0) is 10.6. The number of alkyl halides is 1. The van der Waals surface area contributed by atoms with E-state index in [1.54, 1.807) is 6.92 Å². The Kier molecular flexibility index (Phi) is 4.38. The summed E-state index contributed by atoms with van der Waals surface area (Å²) in [7, 11) is 0. The Morgan fingerprint density at radius 1 is 1.43 bits per heavy atom. The van der Waals surface area contributed by atoms with E-state index < -0.39 is 0 Å². The van der Waals surface area contributed by atoms with Crippen LogP contribution in [0.15, 0.2) is 0 Å². The van der Waals surface area contributed by atoms with Crippen LogP contribution in [-0.4, -0.2) is 41.2 Å². The van der Waals surface area contributed by atoms with E-state index in [1.807, 2.05) is 4.90 Å². The highest BCUT2D eigenvalue weighted by Crippen LogP contribution is 2.10. The number of halogens is 1. The highest BCUT2D eigenvalue weighted by Gasteiger charge is 2.21. The normalized spacial score (nSPS) is 18.0. The number of piperidine rings is 1. The molecule has 0 aliphatic carbocycles. The van der Waals surface area contributed by atoms with Gasteiger partial charge < -0.3 is 10.2 Å². The maximum atomic E-state index is 11.1. The zero-order valence-corrected chi connectivity index (χ0v) is 9.84. The van der Waals surface area contributed by atoms with Crippen molar-refractivity contribution in [2.75, 3.05) is 18.4 Å². The molecule has 1 heterocycles. The van der Waals surface area contributed by atoms with Crippen molar-refractivity contribution in [1.29, 1.82) is 0 Å². The minimum atomic E-state index is 0.0197.